The van der Waals surface area contributed by atoms with Crippen LogP contribution in [0, 0.1) is 5.92 Å². The van der Waals surface area contributed by atoms with E-state index in [-0.39, 0.29) is 42.2 Å². The fraction of sp³-hybridized carbons (Fsp3) is 0.591. The number of nitrogens with two attached hydrogens (primary N) is 1. The fourth-order valence-corrected chi connectivity index (χ4v) is 4.87. The van der Waals surface area contributed by atoms with Crippen LogP contribution in [0.25, 0.3) is 0 Å². The normalized spacial score (nSPS) is 21.7. The van der Waals surface area contributed by atoms with E-state index in [1.54, 1.807) is 18.2 Å². The molecule has 158 valence electrons. The number of likely N-dealkylation sites (tertiary alicyclic amines) is 1. The first-order valence-corrected chi connectivity index (χ1v) is 10.5. The smallest absolute Gasteiger partial charge is 0.261 e. The number of nitrogens with zero attached hydrogens (tertiary/aromatic N) is 2. The Morgan fingerprint density at radius 1 is 1.00 bits per heavy atom. The van der Waals surface area contributed by atoms with Crippen LogP contribution < -0.4 is 5.73 Å². The fourth-order valence-electron chi connectivity index (χ4n) is 4.87. The first-order chi connectivity index (χ1) is 13.5. The lowest BCUT2D eigenvalue weighted by molar-refractivity contribution is 0.0548. The molecule has 0 radical (unpaired) electrons. The summed E-state index contributed by atoms with van der Waals surface area (Å²) < 4.78 is 0. The largest absolute Gasteiger partial charge is 0.339 e. The van der Waals surface area contributed by atoms with Crippen molar-refractivity contribution in [1.82, 2.24) is 9.80 Å². The zero-order chi connectivity index (χ0) is 19.8. The molecule has 1 atom stereocenters. The minimum absolute atomic E-state index is 0. The highest BCUT2D eigenvalue weighted by atomic mass is 35.5. The highest BCUT2D eigenvalue weighted by molar-refractivity contribution is 6.22. The van der Waals surface area contributed by atoms with Crippen molar-refractivity contribution < 1.29 is 14.4 Å². The standard InChI is InChI=1S/C22H29N3O3.ClH/c1-14(23)15-9-11-24(12-10-15)20(26)16-7-8-18-19(13-16)22(28)25(21(18)27)17-5-3-2-4-6-17;/h7-8,13-15,17H,2-6,9-12,23H2,1H3;1H. The molecule has 6 nitrogen and oxygen atoms in total. The molecule has 1 aromatic carbocycles. The number of halogens is 1. The Bertz CT molecular complexity index is 796. The molecule has 2 heterocycles. The summed E-state index contributed by atoms with van der Waals surface area (Å²) in [5, 5.41) is 0. The molecule has 3 aliphatic rings. The molecule has 7 heteroatoms. The first-order valence-electron chi connectivity index (χ1n) is 10.5. The molecule has 1 saturated carbocycles. The highest BCUT2D eigenvalue weighted by Crippen LogP contribution is 2.32. The van der Waals surface area contributed by atoms with Gasteiger partial charge in [-0.3, -0.25) is 19.3 Å². The lowest BCUT2D eigenvalue weighted by Crippen LogP contribution is -2.42. The molecule has 2 aliphatic heterocycles. The van der Waals surface area contributed by atoms with Crippen molar-refractivity contribution in [2.75, 3.05) is 13.1 Å². The maximum Gasteiger partial charge on any atom is 0.261 e. The van der Waals surface area contributed by atoms with Crippen molar-refractivity contribution in [3.05, 3.63) is 34.9 Å². The van der Waals surface area contributed by atoms with Crippen molar-refractivity contribution in [2.24, 2.45) is 11.7 Å². The zero-order valence-corrected chi connectivity index (χ0v) is 17.7. The second-order valence-electron chi connectivity index (χ2n) is 8.52. The van der Waals surface area contributed by atoms with E-state index in [4.69, 9.17) is 5.73 Å². The van der Waals surface area contributed by atoms with Crippen LogP contribution in [0.4, 0.5) is 0 Å². The van der Waals surface area contributed by atoms with Crippen molar-refractivity contribution >= 4 is 30.1 Å². The maximum atomic E-state index is 12.9. The summed E-state index contributed by atoms with van der Waals surface area (Å²) in [5.74, 6) is -0.0597. The van der Waals surface area contributed by atoms with Crippen LogP contribution in [0.15, 0.2) is 18.2 Å². The van der Waals surface area contributed by atoms with Gasteiger partial charge in [0.2, 0.25) is 0 Å². The van der Waals surface area contributed by atoms with Gasteiger partial charge in [-0.2, -0.15) is 0 Å². The van der Waals surface area contributed by atoms with E-state index >= 15 is 0 Å². The topological polar surface area (TPSA) is 83.7 Å². The first kappa shape index (κ1) is 21.8. The molecule has 1 saturated heterocycles. The SMILES string of the molecule is CC(N)C1CCN(C(=O)c2ccc3c(c2)C(=O)N(C2CCCCC2)C3=O)CC1.Cl. The van der Waals surface area contributed by atoms with Crippen LogP contribution in [0.5, 0.6) is 0 Å². The van der Waals surface area contributed by atoms with E-state index < -0.39 is 0 Å². The van der Waals surface area contributed by atoms with Crippen LogP contribution >= 0.6 is 12.4 Å². The Labute approximate surface area is 178 Å². The van der Waals surface area contributed by atoms with E-state index in [1.807, 2.05) is 11.8 Å². The number of carbonyl (C=O) groups excluding carboxylic acids is 3. The molecule has 2 N–H and O–H groups in total. The van der Waals surface area contributed by atoms with E-state index in [0.717, 1.165) is 44.9 Å². The van der Waals surface area contributed by atoms with E-state index in [9.17, 15) is 14.4 Å². The number of fused-ring (bicyclic) bond motifs is 1. The molecule has 1 aliphatic carbocycles. The molecule has 0 bridgehead atoms. The molecular formula is C22H30ClN3O3. The van der Waals surface area contributed by atoms with Crippen molar-refractivity contribution in [3.8, 4) is 0 Å². The van der Waals surface area contributed by atoms with Crippen LogP contribution in [-0.2, 0) is 0 Å². The lowest BCUT2D eigenvalue weighted by Gasteiger charge is -2.33. The van der Waals surface area contributed by atoms with Crippen LogP contribution in [0.3, 0.4) is 0 Å². The number of piperidine rings is 1. The number of hydrogen-bond acceptors (Lipinski definition) is 4. The maximum absolute atomic E-state index is 12.9. The average Bonchev–Trinajstić information content (AvgIpc) is 2.98. The van der Waals surface area contributed by atoms with Gasteiger partial charge >= 0.3 is 0 Å². The minimum Gasteiger partial charge on any atom is -0.339 e. The summed E-state index contributed by atoms with van der Waals surface area (Å²) in [7, 11) is 0. The Kier molecular flexibility index (Phi) is 6.64. The second kappa shape index (κ2) is 8.84. The number of imide groups is 1. The summed E-state index contributed by atoms with van der Waals surface area (Å²) >= 11 is 0. The number of carbonyl (C=O) groups is 3. The molecule has 1 aromatic rings. The number of rotatable bonds is 3. The van der Waals surface area contributed by atoms with Gasteiger partial charge in [0, 0.05) is 30.7 Å². The van der Waals surface area contributed by atoms with E-state index in [1.165, 1.54) is 4.90 Å². The van der Waals surface area contributed by atoms with E-state index in [0.29, 0.717) is 35.7 Å². The lowest BCUT2D eigenvalue weighted by atomic mass is 9.90. The summed E-state index contributed by atoms with van der Waals surface area (Å²) in [6, 6.07) is 5.11. The quantitative estimate of drug-likeness (QED) is 0.762. The molecule has 29 heavy (non-hydrogen) atoms. The number of benzene rings is 1. The Balaban J connectivity index is 0.00000240. The van der Waals surface area contributed by atoms with Gasteiger partial charge in [0.05, 0.1) is 11.1 Å². The summed E-state index contributed by atoms with van der Waals surface area (Å²) in [4.78, 5) is 41.9. The predicted molar refractivity (Wildman–Crippen MR) is 113 cm³/mol. The number of amides is 3. The van der Waals surface area contributed by atoms with Gasteiger partial charge in [-0.25, -0.2) is 0 Å². The summed E-state index contributed by atoms with van der Waals surface area (Å²) in [5.41, 5.74) is 7.29. The Morgan fingerprint density at radius 2 is 1.62 bits per heavy atom. The molecule has 1 unspecified atom stereocenters. The van der Waals surface area contributed by atoms with Gasteiger partial charge < -0.3 is 10.6 Å². The minimum atomic E-state index is -0.239. The van der Waals surface area contributed by atoms with Gasteiger partial charge in [0.15, 0.2) is 0 Å². The second-order valence-corrected chi connectivity index (χ2v) is 8.52. The molecule has 3 amide bonds. The van der Waals surface area contributed by atoms with Crippen LogP contribution in [-0.4, -0.2) is 52.7 Å². The van der Waals surface area contributed by atoms with E-state index in [2.05, 4.69) is 0 Å². The zero-order valence-electron chi connectivity index (χ0n) is 16.9. The third-order valence-electron chi connectivity index (χ3n) is 6.68. The van der Waals surface area contributed by atoms with Crippen LogP contribution in [0.1, 0.15) is 82.9 Å². The van der Waals surface area contributed by atoms with Crippen molar-refractivity contribution in [1.29, 1.82) is 0 Å². The van der Waals surface area contributed by atoms with Crippen molar-refractivity contribution in [3.63, 3.8) is 0 Å². The molecule has 4 rings (SSSR count). The molecule has 0 aromatic heterocycles. The monoisotopic (exact) mass is 419 g/mol. The third-order valence-corrected chi connectivity index (χ3v) is 6.68. The number of hydrogen-bond donors (Lipinski definition) is 1. The van der Waals surface area contributed by atoms with Crippen molar-refractivity contribution in [2.45, 2.75) is 64.0 Å². The molecule has 2 fully saturated rings. The van der Waals surface area contributed by atoms with Gasteiger partial charge in [0.1, 0.15) is 0 Å². The third kappa shape index (κ3) is 4.05. The average molecular weight is 420 g/mol. The molecule has 0 spiro atoms. The Hall–Kier alpha value is -1.92. The summed E-state index contributed by atoms with van der Waals surface area (Å²) in [6.07, 6.45) is 6.84. The molecular weight excluding hydrogens is 390 g/mol. The van der Waals surface area contributed by atoms with Gasteiger partial charge in [-0.15, -0.1) is 12.4 Å². The Morgan fingerprint density at radius 3 is 2.24 bits per heavy atom. The van der Waals surface area contributed by atoms with Gasteiger partial charge in [0.25, 0.3) is 17.7 Å². The predicted octanol–water partition coefficient (Wildman–Crippen LogP) is 3.24. The highest BCUT2D eigenvalue weighted by Gasteiger charge is 2.40. The van der Waals surface area contributed by atoms with Crippen LogP contribution in [0.2, 0.25) is 0 Å². The van der Waals surface area contributed by atoms with Gasteiger partial charge in [-0.1, -0.05) is 19.3 Å². The summed E-state index contributed by atoms with van der Waals surface area (Å²) in [6.45, 7) is 3.38. The van der Waals surface area contributed by atoms with Gasteiger partial charge in [-0.05, 0) is 56.7 Å².